The number of nitrogen functional groups attached to an aromatic ring is 1. The summed E-state index contributed by atoms with van der Waals surface area (Å²) in [5, 5.41) is 4.06. The smallest absolute Gasteiger partial charge is 0.148 e. The summed E-state index contributed by atoms with van der Waals surface area (Å²) < 4.78 is 4.29. The zero-order chi connectivity index (χ0) is 14.8. The van der Waals surface area contributed by atoms with Crippen LogP contribution in [0.4, 0.5) is 10.8 Å². The zero-order valence-corrected chi connectivity index (χ0v) is 13.4. The molecule has 0 aliphatic rings. The number of aromatic nitrogens is 3. The summed E-state index contributed by atoms with van der Waals surface area (Å²) in [5.41, 5.74) is 8.86. The lowest BCUT2D eigenvalue weighted by Crippen LogP contribution is -2.16. The van der Waals surface area contributed by atoms with Crippen LogP contribution in [0.1, 0.15) is 10.7 Å². The number of pyridine rings is 1. The standard InChI is InChI=1S/C14H15N5S2/c1-9-17-11(8-20-9)12-13(15)18-21-14(12)19(2)7-10-5-3-4-6-16-10/h3-6,8H,7H2,1-2H3,(H2,15,18). The summed E-state index contributed by atoms with van der Waals surface area (Å²) in [6.45, 7) is 2.69. The minimum absolute atomic E-state index is 0.535. The molecule has 0 saturated heterocycles. The molecule has 0 unspecified atom stereocenters. The molecule has 0 atom stereocenters. The van der Waals surface area contributed by atoms with E-state index in [1.165, 1.54) is 11.5 Å². The maximum absolute atomic E-state index is 6.04. The lowest BCUT2D eigenvalue weighted by Gasteiger charge is -2.17. The summed E-state index contributed by atoms with van der Waals surface area (Å²) in [5.74, 6) is 0.535. The van der Waals surface area contributed by atoms with Crippen LogP contribution in [-0.4, -0.2) is 21.4 Å². The van der Waals surface area contributed by atoms with E-state index in [1.54, 1.807) is 17.5 Å². The Morgan fingerprint density at radius 3 is 2.86 bits per heavy atom. The molecule has 21 heavy (non-hydrogen) atoms. The zero-order valence-electron chi connectivity index (χ0n) is 11.8. The first-order valence-electron chi connectivity index (χ1n) is 6.44. The molecule has 5 nitrogen and oxygen atoms in total. The maximum Gasteiger partial charge on any atom is 0.148 e. The molecule has 0 aromatic carbocycles. The second-order valence-electron chi connectivity index (χ2n) is 4.68. The van der Waals surface area contributed by atoms with Crippen LogP contribution in [0.25, 0.3) is 11.3 Å². The van der Waals surface area contributed by atoms with E-state index in [0.717, 1.165) is 27.0 Å². The average molecular weight is 317 g/mol. The third kappa shape index (κ3) is 2.88. The number of hydrogen-bond acceptors (Lipinski definition) is 7. The van der Waals surface area contributed by atoms with Crippen LogP contribution >= 0.6 is 22.9 Å². The molecule has 0 radical (unpaired) electrons. The predicted octanol–water partition coefficient (Wildman–Crippen LogP) is 3.19. The second-order valence-corrected chi connectivity index (χ2v) is 6.49. The molecule has 7 heteroatoms. The van der Waals surface area contributed by atoms with Crippen molar-refractivity contribution in [2.24, 2.45) is 0 Å². The molecule has 108 valence electrons. The van der Waals surface area contributed by atoms with E-state index in [1.807, 2.05) is 37.6 Å². The van der Waals surface area contributed by atoms with Crippen molar-refractivity contribution in [3.05, 3.63) is 40.5 Å². The van der Waals surface area contributed by atoms with Crippen molar-refractivity contribution in [3.63, 3.8) is 0 Å². The quantitative estimate of drug-likeness (QED) is 0.800. The Bertz CT molecular complexity index is 735. The summed E-state index contributed by atoms with van der Waals surface area (Å²) in [6, 6.07) is 5.91. The van der Waals surface area contributed by atoms with E-state index in [4.69, 9.17) is 5.73 Å². The number of nitrogens with zero attached hydrogens (tertiary/aromatic N) is 4. The number of aryl methyl sites for hydroxylation is 1. The number of hydrogen-bond donors (Lipinski definition) is 1. The van der Waals surface area contributed by atoms with Crippen LogP contribution in [0.3, 0.4) is 0 Å². The maximum atomic E-state index is 6.04. The van der Waals surface area contributed by atoms with Gasteiger partial charge in [-0.1, -0.05) is 6.07 Å². The Kier molecular flexibility index (Phi) is 3.85. The first-order chi connectivity index (χ1) is 10.1. The Labute approximate surface area is 131 Å². The van der Waals surface area contributed by atoms with Crippen molar-refractivity contribution < 1.29 is 0 Å². The first kappa shape index (κ1) is 14.0. The molecule has 0 saturated carbocycles. The van der Waals surface area contributed by atoms with Crippen LogP contribution < -0.4 is 10.6 Å². The van der Waals surface area contributed by atoms with Crippen LogP contribution in [0.5, 0.6) is 0 Å². The fourth-order valence-electron chi connectivity index (χ4n) is 2.08. The van der Waals surface area contributed by atoms with Crippen molar-refractivity contribution in [1.29, 1.82) is 0 Å². The van der Waals surface area contributed by atoms with Gasteiger partial charge < -0.3 is 10.6 Å². The molecular formula is C14H15N5S2. The third-order valence-corrected chi connectivity index (χ3v) is 4.80. The minimum atomic E-state index is 0.535. The van der Waals surface area contributed by atoms with Crippen LogP contribution in [0.15, 0.2) is 29.8 Å². The SMILES string of the molecule is Cc1nc(-c2c(N)nsc2N(C)Cc2ccccn2)cs1. The summed E-state index contributed by atoms with van der Waals surface area (Å²) in [6.07, 6.45) is 1.80. The van der Waals surface area contributed by atoms with E-state index in [2.05, 4.69) is 19.2 Å². The van der Waals surface area contributed by atoms with Gasteiger partial charge in [0.15, 0.2) is 0 Å². The van der Waals surface area contributed by atoms with E-state index < -0.39 is 0 Å². The fourth-order valence-corrected chi connectivity index (χ4v) is 3.46. The summed E-state index contributed by atoms with van der Waals surface area (Å²) >= 11 is 3.01. The molecule has 0 aliphatic heterocycles. The molecule has 2 N–H and O–H groups in total. The molecule has 3 aromatic rings. The number of nitrogens with two attached hydrogens (primary N) is 1. The number of anilines is 2. The predicted molar refractivity (Wildman–Crippen MR) is 88.7 cm³/mol. The van der Waals surface area contributed by atoms with Crippen LogP contribution in [0.2, 0.25) is 0 Å². The van der Waals surface area contributed by atoms with Crippen LogP contribution in [0, 0.1) is 6.92 Å². The molecule has 3 heterocycles. The monoisotopic (exact) mass is 317 g/mol. The molecule has 0 spiro atoms. The Morgan fingerprint density at radius 1 is 1.33 bits per heavy atom. The molecule has 0 aliphatic carbocycles. The van der Waals surface area contributed by atoms with Gasteiger partial charge >= 0.3 is 0 Å². The Hall–Kier alpha value is -1.99. The van der Waals surface area contributed by atoms with Crippen LogP contribution in [-0.2, 0) is 6.54 Å². The normalized spacial score (nSPS) is 10.8. The van der Waals surface area contributed by atoms with Crippen molar-refractivity contribution in [3.8, 4) is 11.3 Å². The average Bonchev–Trinajstić information content (AvgIpc) is 3.05. The highest BCUT2D eigenvalue weighted by atomic mass is 32.1. The van der Waals surface area contributed by atoms with Gasteiger partial charge in [0, 0.05) is 18.6 Å². The van der Waals surface area contributed by atoms with Gasteiger partial charge in [0.25, 0.3) is 0 Å². The minimum Gasteiger partial charge on any atom is -0.382 e. The molecular weight excluding hydrogens is 302 g/mol. The van der Waals surface area contributed by atoms with Gasteiger partial charge in [-0.2, -0.15) is 4.37 Å². The fraction of sp³-hybridized carbons (Fsp3) is 0.214. The molecule has 3 aromatic heterocycles. The highest BCUT2D eigenvalue weighted by Gasteiger charge is 2.19. The number of rotatable bonds is 4. The lowest BCUT2D eigenvalue weighted by atomic mass is 10.2. The van der Waals surface area contributed by atoms with Gasteiger partial charge in [-0.25, -0.2) is 4.98 Å². The van der Waals surface area contributed by atoms with Gasteiger partial charge in [0.05, 0.1) is 28.5 Å². The number of thiazole rings is 1. The van der Waals surface area contributed by atoms with E-state index in [-0.39, 0.29) is 0 Å². The topological polar surface area (TPSA) is 67.9 Å². The summed E-state index contributed by atoms with van der Waals surface area (Å²) in [7, 11) is 2.02. The van der Waals surface area contributed by atoms with Gasteiger partial charge in [0.1, 0.15) is 10.8 Å². The molecule has 0 amide bonds. The van der Waals surface area contributed by atoms with E-state index in [0.29, 0.717) is 12.4 Å². The highest BCUT2D eigenvalue weighted by molar-refractivity contribution is 7.11. The van der Waals surface area contributed by atoms with Crippen molar-refractivity contribution >= 4 is 33.7 Å². The molecule has 0 bridgehead atoms. The van der Waals surface area contributed by atoms with Gasteiger partial charge in [0.2, 0.25) is 0 Å². The van der Waals surface area contributed by atoms with Gasteiger partial charge in [-0.15, -0.1) is 11.3 Å². The van der Waals surface area contributed by atoms with Crippen molar-refractivity contribution in [1.82, 2.24) is 14.3 Å². The van der Waals surface area contributed by atoms with Crippen molar-refractivity contribution in [2.45, 2.75) is 13.5 Å². The lowest BCUT2D eigenvalue weighted by molar-refractivity contribution is 0.895. The highest BCUT2D eigenvalue weighted by Crippen LogP contribution is 2.39. The molecule has 3 rings (SSSR count). The third-order valence-electron chi connectivity index (χ3n) is 3.05. The first-order valence-corrected chi connectivity index (χ1v) is 8.09. The van der Waals surface area contributed by atoms with E-state index in [9.17, 15) is 0 Å². The van der Waals surface area contributed by atoms with Crippen molar-refractivity contribution in [2.75, 3.05) is 17.7 Å². The van der Waals surface area contributed by atoms with Gasteiger partial charge in [-0.3, -0.25) is 4.98 Å². The molecule has 0 fully saturated rings. The second kappa shape index (κ2) is 5.79. The largest absolute Gasteiger partial charge is 0.382 e. The Morgan fingerprint density at radius 2 is 2.19 bits per heavy atom. The van der Waals surface area contributed by atoms with Gasteiger partial charge in [-0.05, 0) is 30.6 Å². The van der Waals surface area contributed by atoms with E-state index >= 15 is 0 Å². The Balaban J connectivity index is 1.92. The summed E-state index contributed by atoms with van der Waals surface area (Å²) in [4.78, 5) is 11.0.